The summed E-state index contributed by atoms with van der Waals surface area (Å²) in [7, 11) is 0. The Kier molecular flexibility index (Phi) is 3.96. The molecule has 0 radical (unpaired) electrons. The van der Waals surface area contributed by atoms with E-state index in [1.165, 1.54) is 0 Å². The monoisotopic (exact) mass is 241 g/mol. The lowest BCUT2D eigenvalue weighted by Crippen LogP contribution is -2.59. The molecule has 2 rings (SSSR count). The van der Waals surface area contributed by atoms with E-state index in [1.54, 1.807) is 0 Å². The SMILES string of the molecule is O=C1CNC(C(=O)NC2CCCC2CO)CN1. The first-order chi connectivity index (χ1) is 8.20. The van der Waals surface area contributed by atoms with Crippen LogP contribution >= 0.6 is 0 Å². The van der Waals surface area contributed by atoms with Gasteiger partial charge in [-0.15, -0.1) is 0 Å². The number of aliphatic hydroxyl groups excluding tert-OH is 1. The summed E-state index contributed by atoms with van der Waals surface area (Å²) in [4.78, 5) is 22.9. The highest BCUT2D eigenvalue weighted by atomic mass is 16.3. The maximum absolute atomic E-state index is 11.9. The maximum Gasteiger partial charge on any atom is 0.239 e. The zero-order valence-corrected chi connectivity index (χ0v) is 9.74. The molecule has 0 aromatic rings. The number of carbonyl (C=O) groups excluding carboxylic acids is 2. The van der Waals surface area contributed by atoms with Crippen LogP contribution < -0.4 is 16.0 Å². The van der Waals surface area contributed by atoms with Gasteiger partial charge in [0.05, 0.1) is 6.54 Å². The van der Waals surface area contributed by atoms with Crippen LogP contribution in [-0.4, -0.2) is 48.7 Å². The van der Waals surface area contributed by atoms with E-state index in [0.717, 1.165) is 19.3 Å². The van der Waals surface area contributed by atoms with Crippen molar-refractivity contribution in [2.45, 2.75) is 31.3 Å². The third-order valence-corrected chi connectivity index (χ3v) is 3.55. The Bertz CT molecular complexity index is 298. The molecule has 1 saturated heterocycles. The predicted molar refractivity (Wildman–Crippen MR) is 61.2 cm³/mol. The maximum atomic E-state index is 11.9. The number of amides is 2. The molecular weight excluding hydrogens is 222 g/mol. The summed E-state index contributed by atoms with van der Waals surface area (Å²) in [6, 6.07) is -0.278. The topological polar surface area (TPSA) is 90.5 Å². The molecule has 17 heavy (non-hydrogen) atoms. The molecule has 1 aliphatic heterocycles. The van der Waals surface area contributed by atoms with E-state index < -0.39 is 0 Å². The van der Waals surface area contributed by atoms with E-state index in [0.29, 0.717) is 6.54 Å². The second-order valence-electron chi connectivity index (χ2n) is 4.73. The van der Waals surface area contributed by atoms with Gasteiger partial charge in [-0.2, -0.15) is 0 Å². The van der Waals surface area contributed by atoms with Gasteiger partial charge in [0.1, 0.15) is 6.04 Å². The molecule has 2 amide bonds. The van der Waals surface area contributed by atoms with Gasteiger partial charge in [-0.05, 0) is 12.8 Å². The van der Waals surface area contributed by atoms with Gasteiger partial charge in [-0.1, -0.05) is 6.42 Å². The van der Waals surface area contributed by atoms with Crippen molar-refractivity contribution in [1.82, 2.24) is 16.0 Å². The summed E-state index contributed by atoms with van der Waals surface area (Å²) < 4.78 is 0. The Hall–Kier alpha value is -1.14. The second kappa shape index (κ2) is 5.46. The number of piperazine rings is 1. The number of carbonyl (C=O) groups is 2. The standard InChI is InChI=1S/C11H19N3O3/c15-6-7-2-1-3-8(7)14-11(17)9-4-13-10(16)5-12-9/h7-9,12,15H,1-6H2,(H,13,16)(H,14,17). The molecule has 1 aliphatic carbocycles. The first-order valence-corrected chi connectivity index (χ1v) is 6.12. The van der Waals surface area contributed by atoms with E-state index in [-0.39, 0.29) is 43.0 Å². The molecule has 0 aromatic carbocycles. The lowest BCUT2D eigenvalue weighted by atomic mass is 10.0. The number of aliphatic hydroxyl groups is 1. The largest absolute Gasteiger partial charge is 0.396 e. The Morgan fingerprint density at radius 2 is 2.29 bits per heavy atom. The lowest BCUT2D eigenvalue weighted by molar-refractivity contribution is -0.127. The van der Waals surface area contributed by atoms with Crippen LogP contribution in [0.15, 0.2) is 0 Å². The van der Waals surface area contributed by atoms with E-state index in [1.807, 2.05) is 0 Å². The first kappa shape index (κ1) is 12.3. The zero-order chi connectivity index (χ0) is 12.3. The molecule has 1 heterocycles. The van der Waals surface area contributed by atoms with Crippen LogP contribution in [-0.2, 0) is 9.59 Å². The molecule has 3 unspecified atom stereocenters. The normalized spacial score (nSPS) is 33.2. The number of hydrogen-bond acceptors (Lipinski definition) is 4. The van der Waals surface area contributed by atoms with Crippen LogP contribution in [0.2, 0.25) is 0 Å². The van der Waals surface area contributed by atoms with E-state index in [4.69, 9.17) is 0 Å². The summed E-state index contributed by atoms with van der Waals surface area (Å²) in [5.74, 6) is 0.00985. The highest BCUT2D eigenvalue weighted by molar-refractivity contribution is 5.86. The molecule has 96 valence electrons. The molecule has 0 aromatic heterocycles. The Morgan fingerprint density at radius 3 is 2.94 bits per heavy atom. The Balaban J connectivity index is 1.82. The Labute approximate surface area is 100 Å². The molecule has 0 spiro atoms. The van der Waals surface area contributed by atoms with E-state index in [9.17, 15) is 14.7 Å². The third kappa shape index (κ3) is 2.95. The highest BCUT2D eigenvalue weighted by Crippen LogP contribution is 2.24. The van der Waals surface area contributed by atoms with Gasteiger partial charge in [-0.25, -0.2) is 0 Å². The van der Waals surface area contributed by atoms with Crippen molar-refractivity contribution < 1.29 is 14.7 Å². The quantitative estimate of drug-likeness (QED) is 0.476. The van der Waals surface area contributed by atoms with Crippen molar-refractivity contribution in [3.63, 3.8) is 0 Å². The minimum absolute atomic E-state index is 0.0759. The predicted octanol–water partition coefficient (Wildman–Crippen LogP) is -1.65. The second-order valence-corrected chi connectivity index (χ2v) is 4.73. The van der Waals surface area contributed by atoms with E-state index in [2.05, 4.69) is 16.0 Å². The van der Waals surface area contributed by atoms with Crippen molar-refractivity contribution in [1.29, 1.82) is 0 Å². The molecule has 4 N–H and O–H groups in total. The molecule has 6 heteroatoms. The molecule has 2 aliphatic rings. The van der Waals surface area contributed by atoms with E-state index >= 15 is 0 Å². The van der Waals surface area contributed by atoms with Crippen molar-refractivity contribution in [3.8, 4) is 0 Å². The van der Waals surface area contributed by atoms with Crippen molar-refractivity contribution >= 4 is 11.8 Å². The van der Waals surface area contributed by atoms with Crippen LogP contribution in [0.25, 0.3) is 0 Å². The molecule has 1 saturated carbocycles. The Morgan fingerprint density at radius 1 is 1.47 bits per heavy atom. The fraction of sp³-hybridized carbons (Fsp3) is 0.818. The summed E-state index contributed by atoms with van der Waals surface area (Å²) in [5, 5.41) is 17.7. The van der Waals surface area contributed by atoms with Crippen LogP contribution in [0.3, 0.4) is 0 Å². The number of nitrogens with one attached hydrogen (secondary N) is 3. The summed E-state index contributed by atoms with van der Waals surface area (Å²) in [6.45, 7) is 0.646. The molecule has 6 nitrogen and oxygen atoms in total. The molecule has 3 atom stereocenters. The van der Waals surface area contributed by atoms with Gasteiger partial charge in [0.25, 0.3) is 0 Å². The average molecular weight is 241 g/mol. The highest BCUT2D eigenvalue weighted by Gasteiger charge is 2.31. The average Bonchev–Trinajstić information content (AvgIpc) is 2.77. The lowest BCUT2D eigenvalue weighted by Gasteiger charge is -2.26. The first-order valence-electron chi connectivity index (χ1n) is 6.12. The van der Waals surface area contributed by atoms with Gasteiger partial charge in [-0.3, -0.25) is 14.9 Å². The van der Waals surface area contributed by atoms with Crippen LogP contribution in [0.1, 0.15) is 19.3 Å². The molecular formula is C11H19N3O3. The third-order valence-electron chi connectivity index (χ3n) is 3.55. The van der Waals surface area contributed by atoms with Gasteiger partial charge in [0.2, 0.25) is 11.8 Å². The van der Waals surface area contributed by atoms with Gasteiger partial charge in [0.15, 0.2) is 0 Å². The molecule has 0 bridgehead atoms. The van der Waals surface area contributed by atoms with Crippen molar-refractivity contribution in [2.75, 3.05) is 19.7 Å². The van der Waals surface area contributed by atoms with Crippen LogP contribution in [0.4, 0.5) is 0 Å². The van der Waals surface area contributed by atoms with Gasteiger partial charge >= 0.3 is 0 Å². The summed E-state index contributed by atoms with van der Waals surface area (Å²) in [6.07, 6.45) is 2.94. The van der Waals surface area contributed by atoms with Crippen molar-refractivity contribution in [2.24, 2.45) is 5.92 Å². The minimum atomic E-state index is -0.354. The number of hydrogen-bond donors (Lipinski definition) is 4. The molecule has 2 fully saturated rings. The number of rotatable bonds is 3. The summed E-state index contributed by atoms with van der Waals surface area (Å²) in [5.41, 5.74) is 0. The van der Waals surface area contributed by atoms with Crippen LogP contribution in [0, 0.1) is 5.92 Å². The van der Waals surface area contributed by atoms with Gasteiger partial charge < -0.3 is 15.7 Å². The zero-order valence-electron chi connectivity index (χ0n) is 9.74. The minimum Gasteiger partial charge on any atom is -0.396 e. The fourth-order valence-corrected chi connectivity index (χ4v) is 2.48. The fourth-order valence-electron chi connectivity index (χ4n) is 2.48. The van der Waals surface area contributed by atoms with Crippen LogP contribution in [0.5, 0.6) is 0 Å². The summed E-state index contributed by atoms with van der Waals surface area (Å²) >= 11 is 0. The van der Waals surface area contributed by atoms with Crippen molar-refractivity contribution in [3.05, 3.63) is 0 Å². The smallest absolute Gasteiger partial charge is 0.239 e. The van der Waals surface area contributed by atoms with Gasteiger partial charge in [0, 0.05) is 25.1 Å².